The van der Waals surface area contributed by atoms with Crippen LogP contribution in [0.5, 0.6) is 0 Å². The summed E-state index contributed by atoms with van der Waals surface area (Å²) in [5.74, 6) is -5.52. The lowest BCUT2D eigenvalue weighted by atomic mass is 10.4. The average molecular weight is 589 g/mol. The molecule has 0 aromatic heterocycles. The van der Waals surface area contributed by atoms with Gasteiger partial charge in [0.25, 0.3) is 0 Å². The molecule has 0 bridgehead atoms. The van der Waals surface area contributed by atoms with Gasteiger partial charge in [-0.05, 0) is 0 Å². The van der Waals surface area contributed by atoms with Gasteiger partial charge in [0, 0.05) is 26.2 Å². The highest BCUT2D eigenvalue weighted by molar-refractivity contribution is 5.72. The van der Waals surface area contributed by atoms with E-state index >= 15 is 0 Å². The van der Waals surface area contributed by atoms with Gasteiger partial charge in [-0.1, -0.05) is 0 Å². The second kappa shape index (κ2) is 26.9. The molecular weight excluding hydrogens is 544 g/mol. The zero-order chi connectivity index (χ0) is 28.9. The summed E-state index contributed by atoms with van der Waals surface area (Å²) in [6.07, 6.45) is 0. The van der Waals surface area contributed by atoms with Crippen LogP contribution in [0.4, 0.5) is 0 Å². The molecule has 0 rings (SSSR count). The Morgan fingerprint density at radius 2 is 0.744 bits per heavy atom. The van der Waals surface area contributed by atoms with Crippen LogP contribution in [0.2, 0.25) is 0 Å². The zero-order valence-corrected chi connectivity index (χ0v) is 21.8. The van der Waals surface area contributed by atoms with Crippen LogP contribution < -0.4 is 10.2 Å². The number of carbonyl (C=O) groups is 4. The number of nitrogens with zero attached hydrogens (tertiary/aromatic N) is 4. The number of carboxylic acids is 4. The van der Waals surface area contributed by atoms with Crippen molar-refractivity contribution in [3.8, 4) is 0 Å². The minimum absolute atomic E-state index is 0. The Hall–Kier alpha value is -2.64. The summed E-state index contributed by atoms with van der Waals surface area (Å²) < 4.78 is -0.250. The van der Waals surface area contributed by atoms with Gasteiger partial charge >= 0.3 is 11.9 Å². The molecule has 0 unspecified atom stereocenters. The maximum atomic E-state index is 10.5. The lowest BCUT2D eigenvalue weighted by Crippen LogP contribution is -2.47. The van der Waals surface area contributed by atoms with Crippen LogP contribution in [0, 0.1) is 0 Å². The highest BCUT2D eigenvalue weighted by Gasteiger charge is 2.17. The van der Waals surface area contributed by atoms with Crippen molar-refractivity contribution in [3.63, 3.8) is 0 Å². The maximum Gasteiger partial charge on any atom is 0.317 e. The van der Waals surface area contributed by atoms with E-state index in [0.717, 1.165) is 9.80 Å². The van der Waals surface area contributed by atoms with Gasteiger partial charge in [-0.15, -0.1) is 0 Å². The molecule has 0 saturated heterocycles. The van der Waals surface area contributed by atoms with Gasteiger partial charge in [0.15, 0.2) is 40.4 Å². The fourth-order valence-electron chi connectivity index (χ4n) is 1.73. The molecule has 0 aliphatic carbocycles. The van der Waals surface area contributed by atoms with Crippen LogP contribution >= 0.6 is 0 Å². The smallest absolute Gasteiger partial charge is 0.317 e. The van der Waals surface area contributed by atoms with E-state index in [2.05, 4.69) is 0 Å². The van der Waals surface area contributed by atoms with Crippen molar-refractivity contribution in [1.82, 2.24) is 9.80 Å². The van der Waals surface area contributed by atoms with E-state index < -0.39 is 50.1 Å². The molecule has 0 aliphatic heterocycles. The van der Waals surface area contributed by atoms with E-state index in [-0.39, 0.29) is 78.9 Å². The lowest BCUT2D eigenvalue weighted by molar-refractivity contribution is -0.960. The van der Waals surface area contributed by atoms with Crippen LogP contribution in [-0.4, -0.2) is 194 Å². The van der Waals surface area contributed by atoms with Crippen molar-refractivity contribution in [2.24, 2.45) is 0 Å². The molecular formula is C18H44N4O17. The highest BCUT2D eigenvalue weighted by Crippen LogP contribution is 1.95. The predicted octanol–water partition coefficient (Wildman–Crippen LogP) is -10.6. The van der Waals surface area contributed by atoms with E-state index in [1.165, 1.54) is 0 Å². The van der Waals surface area contributed by atoms with Crippen LogP contribution in [0.25, 0.3) is 0 Å². The van der Waals surface area contributed by atoms with Gasteiger partial charge in [-0.25, -0.2) is 0 Å². The first-order valence-corrected chi connectivity index (χ1v) is 10.2. The van der Waals surface area contributed by atoms with Crippen LogP contribution in [0.15, 0.2) is 0 Å². The maximum absolute atomic E-state index is 10.5. The largest absolute Gasteiger partial charge is 0.549 e. The molecule has 0 fully saturated rings. The monoisotopic (exact) mass is 588 g/mol. The van der Waals surface area contributed by atoms with Crippen LogP contribution in [0.1, 0.15) is 0 Å². The number of aliphatic hydroxyl groups is 6. The molecule has 0 heterocycles. The molecule has 21 heteroatoms. The molecule has 0 aromatic rings. The van der Waals surface area contributed by atoms with Gasteiger partial charge in [0.2, 0.25) is 0 Å². The Bertz CT molecular complexity index is 545. The Morgan fingerprint density at radius 1 is 0.538 bits per heavy atom. The van der Waals surface area contributed by atoms with Crippen molar-refractivity contribution < 1.29 is 95.6 Å². The SMILES string of the molecule is C[N+](CO)(CO)CO.C[N+](CO)(CO)CO.O.O.O.O=C([O-])CN(CCN(CC(=O)O)CC(=O)O)CC(=O)[O-]. The summed E-state index contributed by atoms with van der Waals surface area (Å²) in [6, 6.07) is 0. The molecule has 0 radical (unpaired) electrons. The van der Waals surface area contributed by atoms with E-state index in [1.54, 1.807) is 14.1 Å². The van der Waals surface area contributed by atoms with Gasteiger partial charge in [-0.3, -0.25) is 28.4 Å². The molecule has 0 amide bonds. The topological polar surface area (TPSA) is 377 Å². The molecule has 0 aliphatic rings. The molecule has 238 valence electrons. The number of quaternary nitrogens is 2. The third-order valence-electron chi connectivity index (χ3n) is 4.20. The normalized spacial score (nSPS) is 10.4. The number of aliphatic carboxylic acids is 4. The van der Waals surface area contributed by atoms with Crippen LogP contribution in [0.3, 0.4) is 0 Å². The summed E-state index contributed by atoms with van der Waals surface area (Å²) in [5.41, 5.74) is 0. The second-order valence-electron chi connectivity index (χ2n) is 8.04. The first-order valence-electron chi connectivity index (χ1n) is 10.2. The predicted molar refractivity (Wildman–Crippen MR) is 124 cm³/mol. The van der Waals surface area contributed by atoms with Crippen LogP contribution in [-0.2, 0) is 19.2 Å². The Balaban J connectivity index is -0.000000120. The summed E-state index contributed by atoms with van der Waals surface area (Å²) in [5, 5.41) is 88.7. The number of rotatable bonds is 17. The average Bonchev–Trinajstić information content (AvgIpc) is 2.80. The highest BCUT2D eigenvalue weighted by atomic mass is 16.4. The molecule has 0 aromatic carbocycles. The number of carbonyl (C=O) groups excluding carboxylic acids is 2. The molecule has 21 nitrogen and oxygen atoms in total. The molecule has 0 spiro atoms. The van der Waals surface area contributed by atoms with E-state index in [9.17, 15) is 29.4 Å². The van der Waals surface area contributed by atoms with Crippen molar-refractivity contribution >= 4 is 23.9 Å². The minimum atomic E-state index is -1.51. The van der Waals surface area contributed by atoms with Gasteiger partial charge in [0.1, 0.15) is 0 Å². The molecule has 0 saturated carbocycles. The Labute approximate surface area is 223 Å². The lowest BCUT2D eigenvalue weighted by Gasteiger charge is -2.26. The summed E-state index contributed by atoms with van der Waals surface area (Å²) >= 11 is 0. The third-order valence-corrected chi connectivity index (χ3v) is 4.20. The van der Waals surface area contributed by atoms with Crippen molar-refractivity contribution in [3.05, 3.63) is 0 Å². The standard InChI is InChI=1S/C10H16N2O8.2C4H12NO3.3H2O/c13-7(14)3-11(4-8(15)16)1-2-12(5-9(17)18)6-10(19)20;2*1-5(2-6,3-7)4-8;;;/h1-6H2,(H,13,14)(H,15,16)(H,17,18)(H,19,20);2*6-8H,2-4H2,1H3;3*1H2/q;2*+1;;;/p-2. The fraction of sp³-hybridized carbons (Fsp3) is 0.778. The molecule has 39 heavy (non-hydrogen) atoms. The van der Waals surface area contributed by atoms with Gasteiger partial charge in [-0.2, -0.15) is 0 Å². The quantitative estimate of drug-likeness (QED) is 0.0577. The molecule has 0 atom stereocenters. The first kappa shape index (κ1) is 49.3. The van der Waals surface area contributed by atoms with E-state index in [4.69, 9.17) is 40.9 Å². The van der Waals surface area contributed by atoms with Gasteiger partial charge < -0.3 is 77.1 Å². The number of hydrogen-bond donors (Lipinski definition) is 8. The van der Waals surface area contributed by atoms with Crippen molar-refractivity contribution in [2.75, 3.05) is 93.7 Å². The van der Waals surface area contributed by atoms with Crippen molar-refractivity contribution in [2.45, 2.75) is 0 Å². The summed E-state index contributed by atoms with van der Waals surface area (Å²) in [6.45, 7) is -4.21. The molecule has 14 N–H and O–H groups in total. The summed E-state index contributed by atoms with van der Waals surface area (Å²) in [4.78, 5) is 43.9. The van der Waals surface area contributed by atoms with Gasteiger partial charge in [0.05, 0.1) is 39.1 Å². The summed E-state index contributed by atoms with van der Waals surface area (Å²) in [7, 11) is 3.08. The van der Waals surface area contributed by atoms with Crippen molar-refractivity contribution in [1.29, 1.82) is 0 Å². The number of aliphatic hydroxyl groups excluding tert-OH is 6. The number of carboxylic acid groups (broad SMARTS) is 4. The second-order valence-corrected chi connectivity index (χ2v) is 8.04. The van der Waals surface area contributed by atoms with E-state index in [0.29, 0.717) is 0 Å². The number of hydrogen-bond acceptors (Lipinski definition) is 14. The minimum Gasteiger partial charge on any atom is -0.549 e. The van der Waals surface area contributed by atoms with E-state index in [1.807, 2.05) is 0 Å². The third kappa shape index (κ3) is 29.8. The zero-order valence-electron chi connectivity index (χ0n) is 21.8. The Kier molecular flexibility index (Phi) is 34.1. The first-order chi connectivity index (χ1) is 16.6. The fourth-order valence-corrected chi connectivity index (χ4v) is 1.73. The Morgan fingerprint density at radius 3 is 0.872 bits per heavy atom.